The van der Waals surface area contributed by atoms with Crippen molar-refractivity contribution in [2.24, 2.45) is 11.8 Å². The van der Waals surface area contributed by atoms with Crippen LogP contribution in [0.1, 0.15) is 37.8 Å². The second-order valence-electron chi connectivity index (χ2n) is 6.15. The maximum Gasteiger partial charge on any atom is 0.321 e. The first-order chi connectivity index (χ1) is 10.0. The van der Waals surface area contributed by atoms with E-state index in [2.05, 4.69) is 4.90 Å². The average Bonchev–Trinajstić information content (AvgIpc) is 3.00. The van der Waals surface area contributed by atoms with E-state index in [0.29, 0.717) is 16.0 Å². The van der Waals surface area contributed by atoms with Gasteiger partial charge in [-0.1, -0.05) is 41.8 Å². The number of nitrogens with zero attached hydrogens (tertiary/aromatic N) is 1. The van der Waals surface area contributed by atoms with Crippen molar-refractivity contribution in [1.29, 1.82) is 0 Å². The minimum Gasteiger partial charge on any atom is -0.480 e. The van der Waals surface area contributed by atoms with Crippen molar-refractivity contribution in [3.63, 3.8) is 0 Å². The Labute approximate surface area is 134 Å². The SMILES string of the molecule is CC(c1cccc(Cl)c1Cl)N1CC2CCCC2C1C(=O)O. The van der Waals surface area contributed by atoms with Gasteiger partial charge in [0, 0.05) is 12.6 Å². The van der Waals surface area contributed by atoms with E-state index in [9.17, 15) is 9.90 Å². The predicted octanol–water partition coefficient (Wildman–Crippen LogP) is 4.24. The second-order valence-corrected chi connectivity index (χ2v) is 6.94. The molecule has 1 heterocycles. The van der Waals surface area contributed by atoms with Crippen molar-refractivity contribution in [2.45, 2.75) is 38.3 Å². The van der Waals surface area contributed by atoms with Crippen molar-refractivity contribution >= 4 is 29.2 Å². The van der Waals surface area contributed by atoms with Crippen molar-refractivity contribution < 1.29 is 9.90 Å². The van der Waals surface area contributed by atoms with E-state index in [4.69, 9.17) is 23.2 Å². The standard InChI is InChI=1S/C16H19Cl2NO2/c1-9(11-5-3-7-13(17)14(11)18)19-8-10-4-2-6-12(10)15(19)16(20)21/h3,5,7,9-10,12,15H,2,4,6,8H2,1H3,(H,20,21). The van der Waals surface area contributed by atoms with Crippen LogP contribution in [0.25, 0.3) is 0 Å². The fourth-order valence-electron chi connectivity index (χ4n) is 4.08. The van der Waals surface area contributed by atoms with Gasteiger partial charge in [-0.25, -0.2) is 0 Å². The van der Waals surface area contributed by atoms with Crippen molar-refractivity contribution in [1.82, 2.24) is 4.90 Å². The molecule has 21 heavy (non-hydrogen) atoms. The summed E-state index contributed by atoms with van der Waals surface area (Å²) in [6.45, 7) is 2.86. The molecule has 2 fully saturated rings. The van der Waals surface area contributed by atoms with E-state index in [1.165, 1.54) is 0 Å². The molecule has 1 aliphatic heterocycles. The molecule has 1 aromatic carbocycles. The van der Waals surface area contributed by atoms with Crippen LogP contribution in [0.3, 0.4) is 0 Å². The number of benzene rings is 1. The van der Waals surface area contributed by atoms with Gasteiger partial charge in [0.2, 0.25) is 0 Å². The van der Waals surface area contributed by atoms with Crippen LogP contribution in [0.5, 0.6) is 0 Å². The summed E-state index contributed by atoms with van der Waals surface area (Å²) in [4.78, 5) is 13.8. The molecule has 0 spiro atoms. The molecular weight excluding hydrogens is 309 g/mol. The van der Waals surface area contributed by atoms with Crippen molar-refractivity contribution in [3.05, 3.63) is 33.8 Å². The third-order valence-corrected chi connectivity index (χ3v) is 5.94. The Bertz CT molecular complexity index is 563. The molecule has 5 heteroatoms. The summed E-state index contributed by atoms with van der Waals surface area (Å²) in [7, 11) is 0. The lowest BCUT2D eigenvalue weighted by atomic mass is 9.94. The molecule has 0 amide bonds. The van der Waals surface area contributed by atoms with Gasteiger partial charge in [0.1, 0.15) is 6.04 Å². The van der Waals surface area contributed by atoms with Crippen LogP contribution >= 0.6 is 23.2 Å². The molecular formula is C16H19Cl2NO2. The van der Waals surface area contributed by atoms with Crippen LogP contribution in [-0.2, 0) is 4.79 Å². The van der Waals surface area contributed by atoms with Gasteiger partial charge in [-0.15, -0.1) is 0 Å². The number of aliphatic carboxylic acids is 1. The zero-order chi connectivity index (χ0) is 15.1. The lowest BCUT2D eigenvalue weighted by molar-refractivity contribution is -0.144. The number of hydrogen-bond acceptors (Lipinski definition) is 2. The maximum atomic E-state index is 11.7. The highest BCUT2D eigenvalue weighted by Gasteiger charge is 2.49. The molecule has 3 nitrogen and oxygen atoms in total. The van der Waals surface area contributed by atoms with Crippen LogP contribution in [-0.4, -0.2) is 28.6 Å². The molecule has 1 N–H and O–H groups in total. The normalized spacial score (nSPS) is 30.3. The largest absolute Gasteiger partial charge is 0.480 e. The van der Waals surface area contributed by atoms with Gasteiger partial charge in [-0.3, -0.25) is 9.69 Å². The summed E-state index contributed by atoms with van der Waals surface area (Å²) in [5.74, 6) is 0.0730. The number of fused-ring (bicyclic) bond motifs is 1. The van der Waals surface area contributed by atoms with Gasteiger partial charge >= 0.3 is 5.97 Å². The molecule has 0 radical (unpaired) electrons. The first-order valence-electron chi connectivity index (χ1n) is 7.43. The minimum absolute atomic E-state index is 0.0390. The average molecular weight is 328 g/mol. The molecule has 4 unspecified atom stereocenters. The molecule has 2 aliphatic rings. The maximum absolute atomic E-state index is 11.7. The van der Waals surface area contributed by atoms with E-state index >= 15 is 0 Å². The Balaban J connectivity index is 1.91. The Morgan fingerprint density at radius 2 is 2.14 bits per heavy atom. The van der Waals surface area contributed by atoms with Crippen LogP contribution in [0, 0.1) is 11.8 Å². The van der Waals surface area contributed by atoms with Crippen molar-refractivity contribution in [2.75, 3.05) is 6.54 Å². The molecule has 0 aromatic heterocycles. The van der Waals surface area contributed by atoms with E-state index in [1.807, 2.05) is 19.1 Å². The quantitative estimate of drug-likeness (QED) is 0.902. The molecule has 4 atom stereocenters. The van der Waals surface area contributed by atoms with E-state index in [1.54, 1.807) is 6.07 Å². The number of hydrogen-bond donors (Lipinski definition) is 1. The minimum atomic E-state index is -0.714. The van der Waals surface area contributed by atoms with E-state index < -0.39 is 12.0 Å². The first-order valence-corrected chi connectivity index (χ1v) is 8.18. The van der Waals surface area contributed by atoms with Crippen LogP contribution in [0.2, 0.25) is 10.0 Å². The topological polar surface area (TPSA) is 40.5 Å². The summed E-state index contributed by atoms with van der Waals surface area (Å²) in [6.07, 6.45) is 3.31. The lowest BCUT2D eigenvalue weighted by Crippen LogP contribution is -2.41. The third kappa shape index (κ3) is 2.56. The molecule has 1 saturated carbocycles. The van der Waals surface area contributed by atoms with Crippen molar-refractivity contribution in [3.8, 4) is 0 Å². The summed E-state index contributed by atoms with van der Waals surface area (Å²) in [5.41, 5.74) is 0.912. The molecule has 0 bridgehead atoms. The summed E-state index contributed by atoms with van der Waals surface area (Å²) in [5, 5.41) is 10.7. The summed E-state index contributed by atoms with van der Waals surface area (Å²) >= 11 is 12.4. The molecule has 1 saturated heterocycles. The van der Waals surface area contributed by atoms with Gasteiger partial charge in [-0.05, 0) is 43.2 Å². The van der Waals surface area contributed by atoms with Crippen LogP contribution < -0.4 is 0 Å². The number of carboxylic acid groups (broad SMARTS) is 1. The molecule has 3 rings (SSSR count). The van der Waals surface area contributed by atoms with Crippen LogP contribution in [0.4, 0.5) is 0 Å². The number of likely N-dealkylation sites (tertiary alicyclic amines) is 1. The van der Waals surface area contributed by atoms with Gasteiger partial charge < -0.3 is 5.11 Å². The Hall–Kier alpha value is -0.770. The zero-order valence-electron chi connectivity index (χ0n) is 11.9. The van der Waals surface area contributed by atoms with E-state index in [0.717, 1.165) is 31.4 Å². The zero-order valence-corrected chi connectivity index (χ0v) is 13.4. The molecule has 114 valence electrons. The Kier molecular flexibility index (Phi) is 4.17. The van der Waals surface area contributed by atoms with Crippen LogP contribution in [0.15, 0.2) is 18.2 Å². The first kappa shape index (κ1) is 15.1. The monoisotopic (exact) mass is 327 g/mol. The molecule has 1 aliphatic carbocycles. The Morgan fingerprint density at radius 3 is 2.86 bits per heavy atom. The predicted molar refractivity (Wildman–Crippen MR) is 83.8 cm³/mol. The molecule has 1 aromatic rings. The Morgan fingerprint density at radius 1 is 1.38 bits per heavy atom. The number of halogens is 2. The third-order valence-electron chi connectivity index (χ3n) is 5.11. The fourth-order valence-corrected chi connectivity index (χ4v) is 4.55. The highest BCUT2D eigenvalue weighted by atomic mass is 35.5. The number of carboxylic acids is 1. The van der Waals surface area contributed by atoms with Gasteiger partial charge in [-0.2, -0.15) is 0 Å². The lowest BCUT2D eigenvalue weighted by Gasteiger charge is -2.31. The highest BCUT2D eigenvalue weighted by Crippen LogP contribution is 2.46. The number of carbonyl (C=O) groups is 1. The second kappa shape index (κ2) is 5.79. The highest BCUT2D eigenvalue weighted by molar-refractivity contribution is 6.42. The summed E-state index contributed by atoms with van der Waals surface area (Å²) in [6, 6.07) is 5.12. The van der Waals surface area contributed by atoms with Gasteiger partial charge in [0.15, 0.2) is 0 Å². The summed E-state index contributed by atoms with van der Waals surface area (Å²) < 4.78 is 0. The fraction of sp³-hybridized carbons (Fsp3) is 0.562. The van der Waals surface area contributed by atoms with Gasteiger partial charge in [0.05, 0.1) is 10.0 Å². The number of rotatable bonds is 3. The van der Waals surface area contributed by atoms with Gasteiger partial charge in [0.25, 0.3) is 0 Å². The van der Waals surface area contributed by atoms with E-state index in [-0.39, 0.29) is 12.0 Å². The smallest absolute Gasteiger partial charge is 0.321 e.